The van der Waals surface area contributed by atoms with Gasteiger partial charge >= 0.3 is 0 Å². The van der Waals surface area contributed by atoms with Crippen molar-refractivity contribution >= 4 is 40.6 Å². The maximum Gasteiger partial charge on any atom is 0.256 e. The average molecular weight is 419 g/mol. The van der Waals surface area contributed by atoms with E-state index >= 15 is 0 Å². The molecule has 0 aliphatic carbocycles. The zero-order valence-corrected chi connectivity index (χ0v) is 16.9. The molecule has 1 aliphatic rings. The number of ketones is 1. The van der Waals surface area contributed by atoms with E-state index < -0.39 is 0 Å². The molecule has 1 saturated heterocycles. The number of carbonyl (C=O) groups is 3. The van der Waals surface area contributed by atoms with Crippen LogP contribution in [0, 0.1) is 0 Å². The molecule has 2 amide bonds. The van der Waals surface area contributed by atoms with Gasteiger partial charge in [0.1, 0.15) is 0 Å². The molecule has 3 aromatic rings. The van der Waals surface area contributed by atoms with E-state index in [-0.39, 0.29) is 23.2 Å². The van der Waals surface area contributed by atoms with Crippen molar-refractivity contribution in [3.8, 4) is 0 Å². The van der Waals surface area contributed by atoms with Crippen LogP contribution in [0.3, 0.4) is 0 Å². The molecular formula is C24H19ClN2O3. The van der Waals surface area contributed by atoms with Gasteiger partial charge in [0, 0.05) is 40.5 Å². The monoisotopic (exact) mass is 418 g/mol. The Morgan fingerprint density at radius 3 is 2.17 bits per heavy atom. The Bertz CT molecular complexity index is 1110. The Labute approximate surface area is 179 Å². The first-order valence-electron chi connectivity index (χ1n) is 9.64. The van der Waals surface area contributed by atoms with Gasteiger partial charge in [0.25, 0.3) is 5.91 Å². The minimum Gasteiger partial charge on any atom is -0.322 e. The second kappa shape index (κ2) is 8.51. The van der Waals surface area contributed by atoms with Crippen LogP contribution in [0.4, 0.5) is 11.4 Å². The molecule has 1 aliphatic heterocycles. The molecular weight excluding hydrogens is 400 g/mol. The van der Waals surface area contributed by atoms with Gasteiger partial charge in [-0.05, 0) is 61.0 Å². The summed E-state index contributed by atoms with van der Waals surface area (Å²) in [4.78, 5) is 39.4. The summed E-state index contributed by atoms with van der Waals surface area (Å²) in [6, 6.07) is 20.4. The Morgan fingerprint density at radius 1 is 0.867 bits per heavy atom. The van der Waals surface area contributed by atoms with Crippen molar-refractivity contribution in [2.75, 3.05) is 16.8 Å². The number of halogens is 1. The first-order valence-corrected chi connectivity index (χ1v) is 10.0. The normalized spacial score (nSPS) is 13.4. The van der Waals surface area contributed by atoms with E-state index in [1.165, 1.54) is 0 Å². The van der Waals surface area contributed by atoms with Crippen LogP contribution >= 0.6 is 11.6 Å². The third-order valence-electron chi connectivity index (χ3n) is 5.03. The fourth-order valence-electron chi connectivity index (χ4n) is 3.48. The van der Waals surface area contributed by atoms with Crippen molar-refractivity contribution in [1.29, 1.82) is 0 Å². The lowest BCUT2D eigenvalue weighted by atomic mass is 9.98. The highest BCUT2D eigenvalue weighted by atomic mass is 35.5. The Balaban J connectivity index is 1.53. The average Bonchev–Trinajstić information content (AvgIpc) is 3.20. The van der Waals surface area contributed by atoms with Crippen LogP contribution in [0.2, 0.25) is 5.02 Å². The molecule has 1 N–H and O–H groups in total. The highest BCUT2D eigenvalue weighted by molar-refractivity contribution is 6.30. The van der Waals surface area contributed by atoms with Crippen molar-refractivity contribution in [1.82, 2.24) is 0 Å². The number of hydrogen-bond donors (Lipinski definition) is 1. The topological polar surface area (TPSA) is 66.5 Å². The summed E-state index contributed by atoms with van der Waals surface area (Å²) >= 11 is 5.90. The molecule has 3 aromatic carbocycles. The molecule has 0 atom stereocenters. The molecule has 4 rings (SSSR count). The zero-order chi connectivity index (χ0) is 21.1. The van der Waals surface area contributed by atoms with Gasteiger partial charge in [-0.2, -0.15) is 0 Å². The smallest absolute Gasteiger partial charge is 0.256 e. The SMILES string of the molecule is O=C(Nc1ccc(N2CCCC2=O)cc1)c1ccccc1C(=O)c1ccc(Cl)cc1. The summed E-state index contributed by atoms with van der Waals surface area (Å²) in [5.74, 6) is -0.514. The highest BCUT2D eigenvalue weighted by Crippen LogP contribution is 2.24. The van der Waals surface area contributed by atoms with Crippen LogP contribution in [0.25, 0.3) is 0 Å². The number of nitrogens with zero attached hydrogens (tertiary/aromatic N) is 1. The molecule has 6 heteroatoms. The van der Waals surface area contributed by atoms with E-state index in [0.717, 1.165) is 12.1 Å². The van der Waals surface area contributed by atoms with Gasteiger partial charge in [0.2, 0.25) is 5.91 Å². The summed E-state index contributed by atoms with van der Waals surface area (Å²) in [5.41, 5.74) is 2.46. The molecule has 0 saturated carbocycles. The number of nitrogens with one attached hydrogen (secondary N) is 1. The van der Waals surface area contributed by atoms with E-state index in [9.17, 15) is 14.4 Å². The lowest BCUT2D eigenvalue weighted by molar-refractivity contribution is -0.117. The van der Waals surface area contributed by atoms with E-state index in [4.69, 9.17) is 11.6 Å². The van der Waals surface area contributed by atoms with E-state index in [1.54, 1.807) is 65.6 Å². The maximum atomic E-state index is 12.9. The van der Waals surface area contributed by atoms with E-state index in [2.05, 4.69) is 5.32 Å². The molecule has 0 bridgehead atoms. The van der Waals surface area contributed by atoms with Crippen molar-refractivity contribution in [3.63, 3.8) is 0 Å². The molecule has 0 spiro atoms. The van der Waals surface area contributed by atoms with Gasteiger partial charge in [-0.25, -0.2) is 0 Å². The zero-order valence-electron chi connectivity index (χ0n) is 16.1. The first-order chi connectivity index (χ1) is 14.5. The molecule has 0 radical (unpaired) electrons. The Morgan fingerprint density at radius 2 is 1.53 bits per heavy atom. The Kier molecular flexibility index (Phi) is 5.63. The summed E-state index contributed by atoms with van der Waals surface area (Å²) in [6.45, 7) is 0.713. The van der Waals surface area contributed by atoms with E-state index in [0.29, 0.717) is 34.8 Å². The standard InChI is InChI=1S/C24H19ClN2O3/c25-17-9-7-16(8-10-17)23(29)20-4-1-2-5-21(20)24(30)26-18-11-13-19(14-12-18)27-15-3-6-22(27)28/h1-2,4-5,7-14H,3,6,15H2,(H,26,30). The van der Waals surface area contributed by atoms with Crippen LogP contribution in [0.5, 0.6) is 0 Å². The van der Waals surface area contributed by atoms with Crippen LogP contribution < -0.4 is 10.2 Å². The number of benzene rings is 3. The molecule has 0 unspecified atom stereocenters. The van der Waals surface area contributed by atoms with E-state index in [1.807, 2.05) is 12.1 Å². The fraction of sp³-hybridized carbons (Fsp3) is 0.125. The minimum atomic E-state index is -0.377. The van der Waals surface area contributed by atoms with Gasteiger partial charge in [-0.3, -0.25) is 14.4 Å². The van der Waals surface area contributed by atoms with Gasteiger partial charge in [0.05, 0.1) is 5.56 Å². The van der Waals surface area contributed by atoms with Crippen LogP contribution in [-0.4, -0.2) is 24.1 Å². The summed E-state index contributed by atoms with van der Waals surface area (Å²) in [5, 5.41) is 3.37. The highest BCUT2D eigenvalue weighted by Gasteiger charge is 2.22. The van der Waals surface area contributed by atoms with Crippen molar-refractivity contribution in [2.24, 2.45) is 0 Å². The molecule has 0 aromatic heterocycles. The Hall–Kier alpha value is -3.44. The third kappa shape index (κ3) is 4.11. The fourth-order valence-corrected chi connectivity index (χ4v) is 3.61. The van der Waals surface area contributed by atoms with Crippen LogP contribution in [0.15, 0.2) is 72.8 Å². The van der Waals surface area contributed by atoms with Gasteiger partial charge in [0.15, 0.2) is 5.78 Å². The quantitative estimate of drug-likeness (QED) is 0.596. The maximum absolute atomic E-state index is 12.9. The molecule has 150 valence electrons. The lowest BCUT2D eigenvalue weighted by Crippen LogP contribution is -2.23. The molecule has 1 fully saturated rings. The summed E-state index contributed by atoms with van der Waals surface area (Å²) < 4.78 is 0. The van der Waals surface area contributed by atoms with Gasteiger partial charge < -0.3 is 10.2 Å². The second-order valence-corrected chi connectivity index (χ2v) is 7.47. The van der Waals surface area contributed by atoms with Gasteiger partial charge in [-0.15, -0.1) is 0 Å². The van der Waals surface area contributed by atoms with Crippen molar-refractivity contribution in [3.05, 3.63) is 94.5 Å². The van der Waals surface area contributed by atoms with Crippen molar-refractivity contribution in [2.45, 2.75) is 12.8 Å². The number of amides is 2. The predicted octanol–water partition coefficient (Wildman–Crippen LogP) is 4.95. The molecule has 30 heavy (non-hydrogen) atoms. The minimum absolute atomic E-state index is 0.112. The van der Waals surface area contributed by atoms with Crippen molar-refractivity contribution < 1.29 is 14.4 Å². The second-order valence-electron chi connectivity index (χ2n) is 7.03. The largest absolute Gasteiger partial charge is 0.322 e. The first kappa shape index (κ1) is 19.9. The third-order valence-corrected chi connectivity index (χ3v) is 5.28. The van der Waals surface area contributed by atoms with Crippen LogP contribution in [0.1, 0.15) is 39.1 Å². The molecule has 1 heterocycles. The summed E-state index contributed by atoms with van der Waals surface area (Å²) in [6.07, 6.45) is 1.42. The number of anilines is 2. The van der Waals surface area contributed by atoms with Crippen LogP contribution in [-0.2, 0) is 4.79 Å². The summed E-state index contributed by atoms with van der Waals surface area (Å²) in [7, 11) is 0. The molecule has 5 nitrogen and oxygen atoms in total. The number of hydrogen-bond acceptors (Lipinski definition) is 3. The predicted molar refractivity (Wildman–Crippen MR) is 117 cm³/mol. The number of rotatable bonds is 5. The number of carbonyl (C=O) groups excluding carboxylic acids is 3. The van der Waals surface area contributed by atoms with Gasteiger partial charge in [-0.1, -0.05) is 29.8 Å². The lowest BCUT2D eigenvalue weighted by Gasteiger charge is -2.16.